The zero-order valence-corrected chi connectivity index (χ0v) is 25.8. The summed E-state index contributed by atoms with van der Waals surface area (Å²) in [6.07, 6.45) is 16.6. The summed E-state index contributed by atoms with van der Waals surface area (Å²) in [4.78, 5) is 8.00. The van der Waals surface area contributed by atoms with Crippen molar-refractivity contribution in [2.45, 2.75) is 105 Å². The summed E-state index contributed by atoms with van der Waals surface area (Å²) in [6.45, 7) is 15.0. The molecule has 0 spiro atoms. The Morgan fingerprint density at radius 3 is 1.57 bits per heavy atom. The van der Waals surface area contributed by atoms with Gasteiger partial charge in [0.25, 0.3) is 0 Å². The van der Waals surface area contributed by atoms with Crippen LogP contribution in [0.25, 0.3) is 11.1 Å². The predicted molar refractivity (Wildman–Crippen MR) is 169 cm³/mol. The van der Waals surface area contributed by atoms with Gasteiger partial charge in [-0.1, -0.05) is 83.4 Å². The minimum absolute atomic E-state index is 0.274. The molecule has 0 aromatic heterocycles. The Labute approximate surface area is 245 Å². The molecular weight excluding hydrogens is 500 g/mol. The molecule has 0 unspecified atom stereocenters. The zero-order valence-electron chi connectivity index (χ0n) is 25.8. The van der Waals surface area contributed by atoms with Crippen molar-refractivity contribution >= 4 is 6.79 Å². The minimum Gasteiger partial charge on any atom is -0.494 e. The molecule has 2 aromatic carbocycles. The highest BCUT2D eigenvalue weighted by atomic mass is 16.6. The molecule has 0 saturated carbocycles. The number of unbranched alkanes of at least 4 members (excludes halogenated alkanes) is 8. The van der Waals surface area contributed by atoms with Gasteiger partial charge in [-0.2, -0.15) is 0 Å². The zero-order chi connectivity index (χ0) is 29.8. The van der Waals surface area contributed by atoms with Crippen LogP contribution in [-0.2, 0) is 22.4 Å². The highest BCUT2D eigenvalue weighted by Gasteiger charge is 2.13. The maximum absolute atomic E-state index is 8.83. The van der Waals surface area contributed by atoms with Crippen LogP contribution in [0.4, 0.5) is 0 Å². The molecule has 0 amide bonds. The Hall–Kier alpha value is -2.63. The minimum atomic E-state index is -0.274. The van der Waals surface area contributed by atoms with Crippen molar-refractivity contribution in [3.05, 3.63) is 60.2 Å². The monoisotopic (exact) mass is 556 g/mol. The van der Waals surface area contributed by atoms with E-state index >= 15 is 0 Å². The summed E-state index contributed by atoms with van der Waals surface area (Å²) in [5.41, 5.74) is 5.36. The van der Waals surface area contributed by atoms with Crippen LogP contribution in [0.2, 0.25) is 0 Å². The van der Waals surface area contributed by atoms with E-state index in [1.807, 2.05) is 20.6 Å². The molecule has 0 atom stereocenters. The van der Waals surface area contributed by atoms with E-state index in [1.54, 1.807) is 6.08 Å². The fourth-order valence-electron chi connectivity index (χ4n) is 4.55. The van der Waals surface area contributed by atoms with Gasteiger partial charge in [-0.25, -0.2) is 0 Å². The molecule has 0 aliphatic rings. The second-order valence-corrected chi connectivity index (χ2v) is 9.69. The van der Waals surface area contributed by atoms with Crippen molar-refractivity contribution in [3.8, 4) is 22.6 Å². The maximum atomic E-state index is 8.83. The first kappa shape index (κ1) is 37.4. The number of allylic oxidation sites excluding steroid dienone is 1. The van der Waals surface area contributed by atoms with Gasteiger partial charge in [0.15, 0.2) is 0 Å². The second-order valence-electron chi connectivity index (χ2n) is 9.69. The van der Waals surface area contributed by atoms with Crippen LogP contribution >= 0.6 is 0 Å². The summed E-state index contributed by atoms with van der Waals surface area (Å²) in [5.74, 6) is 1.83. The SMILES string of the molecule is C=CC.C=O.CCCCCCCc1cc(OCC)ccc1-c1ccc(OCCOCO)cc1CCCCCCC. The Morgan fingerprint density at radius 2 is 1.15 bits per heavy atom. The normalized spacial score (nSPS) is 10.1. The van der Waals surface area contributed by atoms with Gasteiger partial charge in [0.2, 0.25) is 0 Å². The van der Waals surface area contributed by atoms with E-state index in [0.29, 0.717) is 19.8 Å². The Morgan fingerprint density at radius 1 is 0.700 bits per heavy atom. The van der Waals surface area contributed by atoms with Crippen molar-refractivity contribution in [2.75, 3.05) is 26.6 Å². The van der Waals surface area contributed by atoms with Crippen molar-refractivity contribution in [3.63, 3.8) is 0 Å². The fourth-order valence-corrected chi connectivity index (χ4v) is 4.55. The van der Waals surface area contributed by atoms with Crippen LogP contribution in [0.5, 0.6) is 11.5 Å². The van der Waals surface area contributed by atoms with Gasteiger partial charge in [-0.15, -0.1) is 6.58 Å². The third-order valence-corrected chi connectivity index (χ3v) is 6.44. The molecule has 0 heterocycles. The van der Waals surface area contributed by atoms with E-state index < -0.39 is 0 Å². The van der Waals surface area contributed by atoms with Crippen LogP contribution < -0.4 is 9.47 Å². The number of aryl methyl sites for hydroxylation is 2. The summed E-state index contributed by atoms with van der Waals surface area (Å²) in [6, 6.07) is 13.1. The number of carbonyl (C=O) groups excluding carboxylic acids is 1. The van der Waals surface area contributed by atoms with Gasteiger partial charge in [0.1, 0.15) is 31.7 Å². The molecule has 0 fully saturated rings. The van der Waals surface area contributed by atoms with Crippen LogP contribution in [0, 0.1) is 0 Å². The fraction of sp³-hybridized carbons (Fsp3) is 0.571. The molecule has 0 bridgehead atoms. The molecule has 0 aliphatic carbocycles. The number of hydrogen-bond acceptors (Lipinski definition) is 5. The van der Waals surface area contributed by atoms with Crippen molar-refractivity contribution < 1.29 is 24.1 Å². The number of aliphatic hydroxyl groups excluding tert-OH is 1. The van der Waals surface area contributed by atoms with Gasteiger partial charge in [0.05, 0.1) is 13.2 Å². The van der Waals surface area contributed by atoms with Crippen LogP contribution in [0.3, 0.4) is 0 Å². The summed E-state index contributed by atoms with van der Waals surface area (Å²) in [5, 5.41) is 8.83. The molecule has 5 nitrogen and oxygen atoms in total. The van der Waals surface area contributed by atoms with Crippen LogP contribution in [-0.4, -0.2) is 38.5 Å². The van der Waals surface area contributed by atoms with Gasteiger partial charge in [0, 0.05) is 0 Å². The Kier molecular flexibility index (Phi) is 24.8. The number of carbonyl (C=O) groups is 1. The Bertz CT molecular complexity index is 880. The number of ether oxygens (including phenoxy) is 3. The first-order valence-electron chi connectivity index (χ1n) is 15.2. The van der Waals surface area contributed by atoms with E-state index in [4.69, 9.17) is 24.1 Å². The molecule has 5 heteroatoms. The summed E-state index contributed by atoms with van der Waals surface area (Å²) < 4.78 is 16.8. The molecular formula is C35H56O5. The lowest BCUT2D eigenvalue weighted by Gasteiger charge is -2.17. The summed E-state index contributed by atoms with van der Waals surface area (Å²) >= 11 is 0. The average Bonchev–Trinajstić information content (AvgIpc) is 2.97. The number of aliphatic hydroxyl groups is 1. The van der Waals surface area contributed by atoms with Crippen LogP contribution in [0.15, 0.2) is 49.1 Å². The van der Waals surface area contributed by atoms with E-state index in [2.05, 4.69) is 56.8 Å². The molecule has 1 N–H and O–H groups in total. The van der Waals surface area contributed by atoms with Crippen molar-refractivity contribution in [1.82, 2.24) is 0 Å². The van der Waals surface area contributed by atoms with Crippen molar-refractivity contribution in [2.24, 2.45) is 0 Å². The molecule has 226 valence electrons. The first-order valence-corrected chi connectivity index (χ1v) is 15.2. The van der Waals surface area contributed by atoms with Gasteiger partial charge in [-0.05, 0) is 86.1 Å². The molecule has 0 radical (unpaired) electrons. The highest BCUT2D eigenvalue weighted by molar-refractivity contribution is 5.72. The second kappa shape index (κ2) is 26.6. The smallest absolute Gasteiger partial charge is 0.143 e. The van der Waals surface area contributed by atoms with Crippen LogP contribution in [0.1, 0.15) is 103 Å². The third kappa shape index (κ3) is 16.5. The Balaban J connectivity index is 0.00000284. The van der Waals surface area contributed by atoms with Crippen molar-refractivity contribution in [1.29, 1.82) is 0 Å². The van der Waals surface area contributed by atoms with E-state index in [9.17, 15) is 0 Å². The maximum Gasteiger partial charge on any atom is 0.143 e. The average molecular weight is 557 g/mol. The van der Waals surface area contributed by atoms with E-state index in [1.165, 1.54) is 86.5 Å². The quantitative estimate of drug-likeness (QED) is 0.100. The first-order chi connectivity index (χ1) is 19.6. The third-order valence-electron chi connectivity index (χ3n) is 6.44. The predicted octanol–water partition coefficient (Wildman–Crippen LogP) is 9.13. The molecule has 40 heavy (non-hydrogen) atoms. The number of hydrogen-bond donors (Lipinski definition) is 1. The van der Waals surface area contributed by atoms with Gasteiger partial charge >= 0.3 is 0 Å². The van der Waals surface area contributed by atoms with E-state index in [0.717, 1.165) is 24.3 Å². The van der Waals surface area contributed by atoms with E-state index in [-0.39, 0.29) is 6.79 Å². The summed E-state index contributed by atoms with van der Waals surface area (Å²) in [7, 11) is 0. The largest absolute Gasteiger partial charge is 0.494 e. The molecule has 0 saturated heterocycles. The lowest BCUT2D eigenvalue weighted by Crippen LogP contribution is -2.07. The lowest BCUT2D eigenvalue weighted by molar-refractivity contribution is -0.0980. The van der Waals surface area contributed by atoms with Gasteiger partial charge in [-0.3, -0.25) is 0 Å². The highest BCUT2D eigenvalue weighted by Crippen LogP contribution is 2.34. The molecule has 2 aromatic rings. The number of benzene rings is 2. The van der Waals surface area contributed by atoms with Gasteiger partial charge < -0.3 is 24.1 Å². The standard InChI is InChI=1S/C31H48O4.C3H6.CH2O/c1-4-7-9-11-13-15-26-23-28(34-6-3)17-19-30(26)31-20-18-29(35-22-21-33-25-32)24-27(31)16-14-12-10-8-5-2;1-3-2;1-2/h17-20,23-24,32H,4-16,21-22,25H2,1-3H3;3H,1H2,2H3;1H2. The topological polar surface area (TPSA) is 65.0 Å². The molecule has 0 aliphatic heterocycles. The number of rotatable bonds is 20. The lowest BCUT2D eigenvalue weighted by atomic mass is 9.90. The molecule has 2 rings (SSSR count).